The van der Waals surface area contributed by atoms with E-state index in [0.29, 0.717) is 30.0 Å². The van der Waals surface area contributed by atoms with Crippen LogP contribution < -0.4 is 5.32 Å². The predicted octanol–water partition coefficient (Wildman–Crippen LogP) is 2.24. The Hall–Kier alpha value is -2.18. The zero-order valence-corrected chi connectivity index (χ0v) is 14.6. The van der Waals surface area contributed by atoms with Gasteiger partial charge in [0.05, 0.1) is 18.4 Å². The molecule has 6 heteroatoms. The van der Waals surface area contributed by atoms with Gasteiger partial charge in [0.25, 0.3) is 5.91 Å². The smallest absolute Gasteiger partial charge is 0.289 e. The molecule has 0 bridgehead atoms. The standard InChI is InChI=1S/C19H23N3O3/c1-12-18(25-13(2)20-12)19(23)21-15-8-16-11-24-17(10-22(16)9-15)14-6-4-3-5-7-14/h3-7,15-17H,8-11H2,1-2H3,(H,21,23)/t15-,16+,17-/m1/s1. The third-order valence-electron chi connectivity index (χ3n) is 5.03. The summed E-state index contributed by atoms with van der Waals surface area (Å²) in [6, 6.07) is 10.8. The lowest BCUT2D eigenvalue weighted by molar-refractivity contribution is -0.0502. The number of nitrogens with one attached hydrogen (secondary N) is 1. The number of fused-ring (bicyclic) bond motifs is 1. The Labute approximate surface area is 147 Å². The fourth-order valence-corrected chi connectivity index (χ4v) is 3.84. The highest BCUT2D eigenvalue weighted by atomic mass is 16.5. The molecule has 1 aromatic carbocycles. The van der Waals surface area contributed by atoms with E-state index in [0.717, 1.165) is 19.5 Å². The molecule has 2 aliphatic rings. The van der Waals surface area contributed by atoms with Crippen molar-refractivity contribution in [3.8, 4) is 0 Å². The first-order valence-corrected chi connectivity index (χ1v) is 8.75. The van der Waals surface area contributed by atoms with Crippen LogP contribution in [0, 0.1) is 13.8 Å². The van der Waals surface area contributed by atoms with Crippen LogP contribution in [0.25, 0.3) is 0 Å². The lowest BCUT2D eigenvalue weighted by Crippen LogP contribution is -2.43. The lowest BCUT2D eigenvalue weighted by atomic mass is 10.1. The van der Waals surface area contributed by atoms with Crippen LogP contribution in [0.4, 0.5) is 0 Å². The molecule has 4 rings (SSSR count). The number of aryl methyl sites for hydroxylation is 2. The Morgan fingerprint density at radius 1 is 1.24 bits per heavy atom. The zero-order valence-electron chi connectivity index (χ0n) is 14.6. The van der Waals surface area contributed by atoms with Gasteiger partial charge in [-0.15, -0.1) is 0 Å². The van der Waals surface area contributed by atoms with Gasteiger partial charge in [-0.2, -0.15) is 0 Å². The van der Waals surface area contributed by atoms with Gasteiger partial charge in [0, 0.05) is 32.1 Å². The average molecular weight is 341 g/mol. The Bertz CT molecular complexity index is 759. The molecule has 132 valence electrons. The van der Waals surface area contributed by atoms with E-state index in [4.69, 9.17) is 9.15 Å². The van der Waals surface area contributed by atoms with Gasteiger partial charge in [0.1, 0.15) is 0 Å². The second-order valence-electron chi connectivity index (χ2n) is 6.89. The third kappa shape index (κ3) is 3.32. The van der Waals surface area contributed by atoms with Crippen LogP contribution in [-0.2, 0) is 4.74 Å². The van der Waals surface area contributed by atoms with Crippen LogP contribution in [0.5, 0.6) is 0 Å². The molecule has 1 amide bonds. The van der Waals surface area contributed by atoms with Gasteiger partial charge in [-0.25, -0.2) is 4.98 Å². The maximum absolute atomic E-state index is 12.4. The molecule has 6 nitrogen and oxygen atoms in total. The molecule has 3 atom stereocenters. The topological polar surface area (TPSA) is 67.6 Å². The molecule has 2 fully saturated rings. The van der Waals surface area contributed by atoms with Gasteiger partial charge in [0.2, 0.25) is 5.76 Å². The van der Waals surface area contributed by atoms with E-state index in [-0.39, 0.29) is 18.1 Å². The molecule has 0 aliphatic carbocycles. The number of morpholine rings is 1. The highest BCUT2D eigenvalue weighted by Gasteiger charge is 2.38. The molecule has 1 N–H and O–H groups in total. The van der Waals surface area contributed by atoms with E-state index in [9.17, 15) is 4.79 Å². The molecule has 1 aromatic heterocycles. The van der Waals surface area contributed by atoms with E-state index in [1.165, 1.54) is 5.56 Å². The monoisotopic (exact) mass is 341 g/mol. The second-order valence-corrected chi connectivity index (χ2v) is 6.89. The summed E-state index contributed by atoms with van der Waals surface area (Å²) in [6.45, 7) is 5.95. The molecule has 0 spiro atoms. The number of amides is 1. The highest BCUT2D eigenvalue weighted by Crippen LogP contribution is 2.30. The maximum atomic E-state index is 12.4. The van der Waals surface area contributed by atoms with E-state index < -0.39 is 0 Å². The third-order valence-corrected chi connectivity index (χ3v) is 5.03. The summed E-state index contributed by atoms with van der Waals surface area (Å²) in [5.74, 6) is 0.662. The summed E-state index contributed by atoms with van der Waals surface area (Å²) in [5.41, 5.74) is 1.85. The van der Waals surface area contributed by atoms with Crippen molar-refractivity contribution in [3.63, 3.8) is 0 Å². The number of hydrogen-bond donors (Lipinski definition) is 1. The maximum Gasteiger partial charge on any atom is 0.289 e. The number of carbonyl (C=O) groups excluding carboxylic acids is 1. The normalized spacial score (nSPS) is 26.4. The van der Waals surface area contributed by atoms with Crippen LogP contribution in [0.15, 0.2) is 34.7 Å². The van der Waals surface area contributed by atoms with Crippen molar-refractivity contribution in [3.05, 3.63) is 53.2 Å². The summed E-state index contributed by atoms with van der Waals surface area (Å²) >= 11 is 0. The quantitative estimate of drug-likeness (QED) is 0.927. The largest absolute Gasteiger partial charge is 0.436 e. The van der Waals surface area contributed by atoms with Crippen molar-refractivity contribution in [2.45, 2.75) is 38.5 Å². The molecule has 3 heterocycles. The fourth-order valence-electron chi connectivity index (χ4n) is 3.84. The Balaban J connectivity index is 1.38. The number of ether oxygens (including phenoxy) is 1. The van der Waals surface area contributed by atoms with E-state index in [2.05, 4.69) is 27.3 Å². The molecule has 0 unspecified atom stereocenters. The van der Waals surface area contributed by atoms with Crippen molar-refractivity contribution in [1.29, 1.82) is 0 Å². The van der Waals surface area contributed by atoms with Crippen LogP contribution in [0.1, 0.15) is 40.2 Å². The average Bonchev–Trinajstić information content (AvgIpc) is 3.16. The molecular formula is C19H23N3O3. The van der Waals surface area contributed by atoms with Gasteiger partial charge < -0.3 is 14.5 Å². The molecule has 0 radical (unpaired) electrons. The second kappa shape index (κ2) is 6.61. The number of rotatable bonds is 3. The molecular weight excluding hydrogens is 318 g/mol. The van der Waals surface area contributed by atoms with Gasteiger partial charge in [-0.05, 0) is 18.9 Å². The van der Waals surface area contributed by atoms with Gasteiger partial charge in [-0.3, -0.25) is 9.69 Å². The number of oxazole rings is 1. The first kappa shape index (κ1) is 16.3. The lowest BCUT2D eigenvalue weighted by Gasteiger charge is -2.35. The van der Waals surface area contributed by atoms with Crippen molar-refractivity contribution in [2.24, 2.45) is 0 Å². The minimum absolute atomic E-state index is 0.103. The van der Waals surface area contributed by atoms with E-state index >= 15 is 0 Å². The summed E-state index contributed by atoms with van der Waals surface area (Å²) < 4.78 is 11.5. The Morgan fingerprint density at radius 2 is 2.04 bits per heavy atom. The first-order chi connectivity index (χ1) is 12.1. The van der Waals surface area contributed by atoms with Crippen molar-refractivity contribution >= 4 is 5.91 Å². The summed E-state index contributed by atoms with van der Waals surface area (Å²) in [4.78, 5) is 19.0. The van der Waals surface area contributed by atoms with Crippen LogP contribution in [0.2, 0.25) is 0 Å². The van der Waals surface area contributed by atoms with Crippen LogP contribution >= 0.6 is 0 Å². The Kier molecular flexibility index (Phi) is 4.31. The van der Waals surface area contributed by atoms with Gasteiger partial charge in [0.15, 0.2) is 5.89 Å². The predicted molar refractivity (Wildman–Crippen MR) is 92.3 cm³/mol. The number of hydrogen-bond acceptors (Lipinski definition) is 5. The molecule has 2 saturated heterocycles. The van der Waals surface area contributed by atoms with Crippen LogP contribution in [0.3, 0.4) is 0 Å². The van der Waals surface area contributed by atoms with Crippen molar-refractivity contribution in [1.82, 2.24) is 15.2 Å². The zero-order chi connectivity index (χ0) is 17.4. The minimum atomic E-state index is -0.177. The molecule has 0 saturated carbocycles. The first-order valence-electron chi connectivity index (χ1n) is 8.75. The molecule has 2 aromatic rings. The summed E-state index contributed by atoms with van der Waals surface area (Å²) in [7, 11) is 0. The van der Waals surface area contributed by atoms with Crippen molar-refractivity contribution in [2.75, 3.05) is 19.7 Å². The van der Waals surface area contributed by atoms with E-state index in [1.807, 2.05) is 18.2 Å². The summed E-state index contributed by atoms with van der Waals surface area (Å²) in [6.07, 6.45) is 1.01. The number of nitrogens with zero attached hydrogens (tertiary/aromatic N) is 2. The SMILES string of the molecule is Cc1nc(C)c(C(=O)N[C@@H]2C[C@H]3CO[C@@H](c4ccccc4)CN3C2)o1. The van der Waals surface area contributed by atoms with Gasteiger partial charge >= 0.3 is 0 Å². The fraction of sp³-hybridized carbons (Fsp3) is 0.474. The molecule has 2 aliphatic heterocycles. The van der Waals surface area contributed by atoms with Crippen LogP contribution in [-0.4, -0.2) is 47.6 Å². The number of aromatic nitrogens is 1. The van der Waals surface area contributed by atoms with Gasteiger partial charge in [-0.1, -0.05) is 30.3 Å². The summed E-state index contributed by atoms with van der Waals surface area (Å²) in [5, 5.41) is 3.09. The number of benzene rings is 1. The molecule has 25 heavy (non-hydrogen) atoms. The highest BCUT2D eigenvalue weighted by molar-refractivity contribution is 5.92. The van der Waals surface area contributed by atoms with E-state index in [1.54, 1.807) is 13.8 Å². The van der Waals surface area contributed by atoms with Crippen molar-refractivity contribution < 1.29 is 13.9 Å². The number of carbonyl (C=O) groups is 1. The minimum Gasteiger partial charge on any atom is -0.436 e. The Morgan fingerprint density at radius 3 is 2.76 bits per heavy atom.